The molecule has 0 aromatic rings. The van der Waals surface area contributed by atoms with Crippen LogP contribution in [-0.2, 0) is 33.3 Å². The zero-order valence-electron chi connectivity index (χ0n) is 47.1. The highest BCUT2D eigenvalue weighted by atomic mass is 16.7. The highest BCUT2D eigenvalue weighted by Gasteiger charge is 2.25. The van der Waals surface area contributed by atoms with Crippen molar-refractivity contribution in [2.24, 2.45) is 0 Å². The summed E-state index contributed by atoms with van der Waals surface area (Å²) in [7, 11) is 5.96. The van der Waals surface area contributed by atoms with Gasteiger partial charge in [-0.1, -0.05) is 221 Å². The predicted octanol–water partition coefficient (Wildman–Crippen LogP) is 17.2. The summed E-state index contributed by atoms with van der Waals surface area (Å²) >= 11 is 0. The SMILES string of the molecule is CC/C=C\C/C=C\C/C=C\C/C=C\C/C=C\CCCCCCCCCCCCCCCC(=O)OC(COC(=O)CCCCCCCCC/C=C\C/C=C\CCCCCC)COC(OCC[N+](C)(C)C)C(=O)O. The van der Waals surface area contributed by atoms with E-state index in [1.54, 1.807) is 0 Å². The Labute approximate surface area is 442 Å². The van der Waals surface area contributed by atoms with Crippen molar-refractivity contribution < 1.29 is 42.9 Å². The average molecular weight is 1010 g/mol. The lowest BCUT2D eigenvalue weighted by atomic mass is 10.0. The molecule has 0 fully saturated rings. The number of ether oxygens (including phenoxy) is 4. The van der Waals surface area contributed by atoms with Crippen molar-refractivity contribution in [2.45, 2.75) is 251 Å². The van der Waals surface area contributed by atoms with E-state index in [1.165, 1.54) is 116 Å². The van der Waals surface area contributed by atoms with Crippen molar-refractivity contribution in [3.63, 3.8) is 0 Å². The number of carboxylic acids is 1. The summed E-state index contributed by atoms with van der Waals surface area (Å²) in [4.78, 5) is 37.4. The van der Waals surface area contributed by atoms with Crippen LogP contribution in [0.2, 0.25) is 0 Å². The fourth-order valence-corrected chi connectivity index (χ4v) is 7.89. The summed E-state index contributed by atoms with van der Waals surface area (Å²) in [6.07, 6.45) is 68.0. The third-order valence-corrected chi connectivity index (χ3v) is 12.4. The molecule has 1 N–H and O–H groups in total. The summed E-state index contributed by atoms with van der Waals surface area (Å²) < 4.78 is 22.9. The molecule has 0 amide bonds. The maximum absolute atomic E-state index is 12.9. The van der Waals surface area contributed by atoms with Gasteiger partial charge in [0.25, 0.3) is 6.29 Å². The number of quaternary nitrogens is 1. The molecule has 0 aromatic carbocycles. The van der Waals surface area contributed by atoms with Crippen molar-refractivity contribution in [2.75, 3.05) is 47.5 Å². The van der Waals surface area contributed by atoms with Crippen LogP contribution in [0.5, 0.6) is 0 Å². The molecule has 2 unspecified atom stereocenters. The standard InChI is InChI=1S/C63H109NO8/c1-6-8-10-12-14-16-18-20-22-24-26-27-28-29-30-31-32-33-34-35-36-38-40-42-44-46-48-50-52-54-61(66)72-59(58-71-63(62(67)68)69-56-55-64(3,4)5)57-70-60(65)53-51-49-47-45-43-41-39-37-25-23-21-19-17-15-13-11-9-7-2/h8,10,14,16-17,19-20,22-23,25-27,29-30,59,63H,6-7,9,11-13,15,18,21,24,28,31-58H2,1-5H3/p+1/b10-8-,16-14-,19-17-,22-20-,25-23-,27-26-,30-29-. The number of likely N-dealkylation sites (N-methyl/N-ethyl adjacent to an activating group) is 1. The highest BCUT2D eigenvalue weighted by molar-refractivity contribution is 5.71. The molecule has 0 saturated heterocycles. The molecule has 0 saturated carbocycles. The molecule has 0 aliphatic carbocycles. The summed E-state index contributed by atoms with van der Waals surface area (Å²) in [5.41, 5.74) is 0. The minimum absolute atomic E-state index is 0.183. The molecule has 0 spiro atoms. The van der Waals surface area contributed by atoms with Gasteiger partial charge < -0.3 is 28.5 Å². The van der Waals surface area contributed by atoms with Gasteiger partial charge in [0.2, 0.25) is 0 Å². The number of hydrogen-bond donors (Lipinski definition) is 1. The summed E-state index contributed by atoms with van der Waals surface area (Å²) in [6.45, 7) is 4.74. The van der Waals surface area contributed by atoms with Gasteiger partial charge in [0.1, 0.15) is 13.2 Å². The van der Waals surface area contributed by atoms with Crippen LogP contribution in [-0.4, -0.2) is 87.4 Å². The van der Waals surface area contributed by atoms with Gasteiger partial charge in [0.05, 0.1) is 34.4 Å². The Bertz CT molecular complexity index is 1450. The number of rotatable bonds is 53. The molecule has 0 aliphatic rings. The number of aliphatic carboxylic acids is 1. The lowest BCUT2D eigenvalue weighted by Crippen LogP contribution is -2.40. The number of carbonyl (C=O) groups is 3. The van der Waals surface area contributed by atoms with Gasteiger partial charge in [0.15, 0.2) is 6.10 Å². The van der Waals surface area contributed by atoms with Crippen molar-refractivity contribution >= 4 is 17.9 Å². The van der Waals surface area contributed by atoms with Crippen LogP contribution in [0.25, 0.3) is 0 Å². The lowest BCUT2D eigenvalue weighted by Gasteiger charge is -2.25. The second kappa shape index (κ2) is 53.8. The predicted molar refractivity (Wildman–Crippen MR) is 304 cm³/mol. The maximum atomic E-state index is 12.9. The average Bonchev–Trinajstić information content (AvgIpc) is 3.35. The van der Waals surface area contributed by atoms with E-state index >= 15 is 0 Å². The number of unbranched alkanes of at least 4 members (excludes halogenated alkanes) is 24. The van der Waals surface area contributed by atoms with E-state index in [0.29, 0.717) is 23.9 Å². The molecule has 9 heteroatoms. The normalized spacial score (nSPS) is 13.4. The van der Waals surface area contributed by atoms with Gasteiger partial charge in [0, 0.05) is 12.8 Å². The molecular formula is C63H110NO8+. The minimum atomic E-state index is -1.52. The minimum Gasteiger partial charge on any atom is -0.477 e. The number of nitrogens with zero attached hydrogens (tertiary/aromatic N) is 1. The van der Waals surface area contributed by atoms with Gasteiger partial charge in [-0.2, -0.15) is 0 Å². The monoisotopic (exact) mass is 1010 g/mol. The number of esters is 2. The quantitative estimate of drug-likeness (QED) is 0.0211. The van der Waals surface area contributed by atoms with Gasteiger partial charge in [-0.25, -0.2) is 4.79 Å². The Morgan fingerprint density at radius 3 is 1.18 bits per heavy atom. The fourth-order valence-electron chi connectivity index (χ4n) is 7.89. The molecule has 0 rings (SSSR count). The second-order valence-corrected chi connectivity index (χ2v) is 20.6. The lowest BCUT2D eigenvalue weighted by molar-refractivity contribution is -0.870. The van der Waals surface area contributed by atoms with E-state index in [9.17, 15) is 19.5 Å². The first-order valence-electron chi connectivity index (χ1n) is 29.3. The van der Waals surface area contributed by atoms with Crippen LogP contribution in [0.4, 0.5) is 0 Å². The second-order valence-electron chi connectivity index (χ2n) is 20.6. The fraction of sp³-hybridized carbons (Fsp3) is 0.730. The van der Waals surface area contributed by atoms with Crippen molar-refractivity contribution in [1.29, 1.82) is 0 Å². The van der Waals surface area contributed by atoms with Crippen LogP contribution in [0, 0.1) is 0 Å². The summed E-state index contributed by atoms with van der Waals surface area (Å²) in [6, 6.07) is 0. The Kier molecular flexibility index (Phi) is 51.1. The van der Waals surface area contributed by atoms with E-state index < -0.39 is 24.3 Å². The molecule has 0 heterocycles. The molecular weight excluding hydrogens is 899 g/mol. The van der Waals surface area contributed by atoms with Crippen LogP contribution in [0.3, 0.4) is 0 Å². The largest absolute Gasteiger partial charge is 0.477 e. The Balaban J connectivity index is 4.23. The van der Waals surface area contributed by atoms with E-state index in [4.69, 9.17) is 18.9 Å². The summed E-state index contributed by atoms with van der Waals surface area (Å²) in [5, 5.41) is 9.70. The molecule has 2 atom stereocenters. The van der Waals surface area contributed by atoms with Crippen LogP contribution < -0.4 is 0 Å². The third kappa shape index (κ3) is 54.2. The Morgan fingerprint density at radius 2 is 0.792 bits per heavy atom. The van der Waals surface area contributed by atoms with Crippen LogP contribution in [0.15, 0.2) is 85.1 Å². The topological polar surface area (TPSA) is 108 Å². The number of hydrogen-bond acceptors (Lipinski definition) is 7. The smallest absolute Gasteiger partial charge is 0.361 e. The first kappa shape index (κ1) is 68.5. The van der Waals surface area contributed by atoms with Gasteiger partial charge in [-0.05, 0) is 89.9 Å². The maximum Gasteiger partial charge on any atom is 0.361 e. The van der Waals surface area contributed by atoms with Gasteiger partial charge in [-0.15, -0.1) is 0 Å². The Morgan fingerprint density at radius 1 is 0.431 bits per heavy atom. The zero-order chi connectivity index (χ0) is 52.7. The molecule has 0 aliphatic heterocycles. The summed E-state index contributed by atoms with van der Waals surface area (Å²) in [5.74, 6) is -2.02. The first-order chi connectivity index (χ1) is 35.1. The van der Waals surface area contributed by atoms with Crippen LogP contribution in [0.1, 0.15) is 239 Å². The van der Waals surface area contributed by atoms with Crippen molar-refractivity contribution in [3.8, 4) is 0 Å². The molecule has 0 radical (unpaired) electrons. The number of allylic oxidation sites excluding steroid dienone is 14. The van der Waals surface area contributed by atoms with E-state index in [2.05, 4.69) is 98.9 Å². The molecule has 414 valence electrons. The Hall–Kier alpha value is -3.53. The third-order valence-electron chi connectivity index (χ3n) is 12.4. The highest BCUT2D eigenvalue weighted by Crippen LogP contribution is 2.16. The number of carbonyl (C=O) groups excluding carboxylic acids is 2. The van der Waals surface area contributed by atoms with E-state index in [-0.39, 0.29) is 32.2 Å². The van der Waals surface area contributed by atoms with Gasteiger partial charge in [-0.3, -0.25) is 9.59 Å². The number of carboxylic acid groups (broad SMARTS) is 1. The van der Waals surface area contributed by atoms with Crippen molar-refractivity contribution in [3.05, 3.63) is 85.1 Å². The molecule has 9 nitrogen and oxygen atoms in total. The molecule has 72 heavy (non-hydrogen) atoms. The van der Waals surface area contributed by atoms with E-state index in [1.807, 2.05) is 21.1 Å². The zero-order valence-corrected chi connectivity index (χ0v) is 47.1. The van der Waals surface area contributed by atoms with Crippen LogP contribution >= 0.6 is 0 Å². The van der Waals surface area contributed by atoms with E-state index in [0.717, 1.165) is 89.9 Å². The van der Waals surface area contributed by atoms with Gasteiger partial charge >= 0.3 is 17.9 Å². The molecule has 0 bridgehead atoms. The first-order valence-corrected chi connectivity index (χ1v) is 29.3. The molecule has 0 aromatic heterocycles. The van der Waals surface area contributed by atoms with Crippen molar-refractivity contribution in [1.82, 2.24) is 0 Å².